The first-order valence-corrected chi connectivity index (χ1v) is 4.69. The van der Waals surface area contributed by atoms with Crippen LogP contribution in [0, 0.1) is 0 Å². The average Bonchev–Trinajstić information content (AvgIpc) is 2.15. The van der Waals surface area contributed by atoms with E-state index in [1.807, 2.05) is 0 Å². The molecule has 0 unspecified atom stereocenters. The van der Waals surface area contributed by atoms with Crippen LogP contribution in [-0.2, 0) is 9.59 Å². The number of hydrogen-bond donors (Lipinski definition) is 4. The van der Waals surface area contributed by atoms with Gasteiger partial charge in [-0.3, -0.25) is 11.5 Å². The van der Waals surface area contributed by atoms with E-state index in [0.29, 0.717) is 0 Å². The highest BCUT2D eigenvalue weighted by molar-refractivity contribution is 5.84. The van der Waals surface area contributed by atoms with Crippen LogP contribution in [0.2, 0.25) is 0 Å². The number of halogens is 2. The van der Waals surface area contributed by atoms with Crippen LogP contribution in [0.5, 0.6) is 0 Å². The monoisotopic (exact) mass is 300 g/mol. The molecule has 6 nitrogen and oxygen atoms in total. The Morgan fingerprint density at radius 1 is 0.722 bits per heavy atom. The van der Waals surface area contributed by atoms with Crippen molar-refractivity contribution < 1.29 is 45.9 Å². The van der Waals surface area contributed by atoms with Crippen LogP contribution in [0.15, 0.2) is 22.5 Å². The van der Waals surface area contributed by atoms with Gasteiger partial charge in [0.2, 0.25) is 0 Å². The molecule has 0 aliphatic carbocycles. The number of carbonyl (C=O) groups excluding carboxylic acids is 2. The number of carbonyl (C=O) groups is 2. The van der Waals surface area contributed by atoms with Crippen molar-refractivity contribution in [3.63, 3.8) is 0 Å². The largest absolute Gasteiger partial charge is 1.00 e. The molecule has 8 heteroatoms. The van der Waals surface area contributed by atoms with Crippen molar-refractivity contribution in [2.75, 3.05) is 0 Å². The summed E-state index contributed by atoms with van der Waals surface area (Å²) < 4.78 is 0. The molecule has 0 radical (unpaired) electrons. The topological polar surface area (TPSA) is 141 Å². The zero-order valence-corrected chi connectivity index (χ0v) is 12.7. The van der Waals surface area contributed by atoms with Crippen molar-refractivity contribution in [1.82, 2.24) is 0 Å². The fourth-order valence-electron chi connectivity index (χ4n) is 0.558. The standard InChI is InChI=1S/2C5H10N2O.2ClH/c2*1-3(2)4(6)5(7)8;;/h2*6H2,1-2H3,(H2,7,8);2*1H. The van der Waals surface area contributed by atoms with E-state index in [0.717, 1.165) is 11.1 Å². The molecule has 2 amide bonds. The molecule has 108 valence electrons. The van der Waals surface area contributed by atoms with Gasteiger partial charge >= 0.3 is 11.8 Å². The molecule has 0 aliphatic heterocycles. The summed E-state index contributed by atoms with van der Waals surface area (Å²) in [5, 5.41) is 0. The van der Waals surface area contributed by atoms with Gasteiger partial charge in [0.15, 0.2) is 0 Å². The fourth-order valence-corrected chi connectivity index (χ4v) is 0.558. The van der Waals surface area contributed by atoms with Crippen LogP contribution in [0.1, 0.15) is 27.7 Å². The van der Waals surface area contributed by atoms with Crippen molar-refractivity contribution in [1.29, 1.82) is 0 Å². The van der Waals surface area contributed by atoms with Crippen molar-refractivity contribution in [2.24, 2.45) is 11.5 Å². The minimum absolute atomic E-state index is 0. The average molecular weight is 301 g/mol. The van der Waals surface area contributed by atoms with Gasteiger partial charge in [0, 0.05) is 0 Å². The van der Waals surface area contributed by atoms with Gasteiger partial charge in [-0.05, 0) is 38.8 Å². The highest BCUT2D eigenvalue weighted by Crippen LogP contribution is 1.91. The molecule has 0 saturated carbocycles. The van der Waals surface area contributed by atoms with Crippen molar-refractivity contribution in [2.45, 2.75) is 27.7 Å². The second-order valence-electron chi connectivity index (χ2n) is 3.67. The first kappa shape index (κ1) is 25.7. The molecule has 0 aromatic rings. The maximum absolute atomic E-state index is 10.3. The predicted octanol–water partition coefficient (Wildman–Crippen LogP) is -7.98. The van der Waals surface area contributed by atoms with E-state index >= 15 is 0 Å². The summed E-state index contributed by atoms with van der Waals surface area (Å²) in [5.41, 5.74) is 18.9. The Morgan fingerprint density at radius 2 is 0.889 bits per heavy atom. The number of allylic oxidation sites excluding steroid dienone is 2. The second kappa shape index (κ2) is 12.4. The van der Waals surface area contributed by atoms with E-state index in [2.05, 4.69) is 11.5 Å². The number of amides is 2. The summed E-state index contributed by atoms with van der Waals surface area (Å²) in [4.78, 5) is 20.6. The summed E-state index contributed by atoms with van der Waals surface area (Å²) in [5.74, 6) is -0.602. The van der Waals surface area contributed by atoms with Gasteiger partial charge in [0.05, 0.1) is 0 Å². The molecule has 0 fully saturated rings. The van der Waals surface area contributed by atoms with E-state index in [1.54, 1.807) is 27.7 Å². The van der Waals surface area contributed by atoms with Crippen LogP contribution in [0.25, 0.3) is 0 Å². The van der Waals surface area contributed by atoms with Gasteiger partial charge in [-0.2, -0.15) is 0 Å². The van der Waals surface area contributed by atoms with Crippen molar-refractivity contribution in [3.8, 4) is 0 Å². The molecule has 0 bridgehead atoms. The SMILES string of the molecule is CC(C)=C(N)C([NH3+])=O.CC(C)=C(N)C([NH3+])=O.[Cl-].[Cl-]. The van der Waals surface area contributed by atoms with Crippen LogP contribution < -0.4 is 47.7 Å². The zero-order chi connectivity index (χ0) is 13.5. The summed E-state index contributed by atoms with van der Waals surface area (Å²) in [6, 6.07) is 0. The highest BCUT2D eigenvalue weighted by Gasteiger charge is 2.02. The summed E-state index contributed by atoms with van der Waals surface area (Å²) >= 11 is 0. The quantitative estimate of drug-likeness (QED) is 0.376. The third-order valence-electron chi connectivity index (χ3n) is 1.68. The van der Waals surface area contributed by atoms with Gasteiger partial charge in [0.1, 0.15) is 11.4 Å². The fraction of sp³-hybridized carbons (Fsp3) is 0.400. The van der Waals surface area contributed by atoms with E-state index in [-0.39, 0.29) is 48.0 Å². The molecular weight excluding hydrogens is 279 g/mol. The van der Waals surface area contributed by atoms with Crippen molar-refractivity contribution >= 4 is 11.8 Å². The van der Waals surface area contributed by atoms with Gasteiger partial charge < -0.3 is 36.3 Å². The van der Waals surface area contributed by atoms with Gasteiger partial charge in [-0.1, -0.05) is 0 Å². The molecule has 18 heavy (non-hydrogen) atoms. The second-order valence-corrected chi connectivity index (χ2v) is 3.67. The molecular formula is C10H22Cl2N4O2. The Balaban J connectivity index is -0.0000000980. The molecule has 0 saturated heterocycles. The molecule has 10 N–H and O–H groups in total. The van der Waals surface area contributed by atoms with E-state index < -0.39 is 0 Å². The zero-order valence-electron chi connectivity index (χ0n) is 11.1. The normalized spacial score (nSPS) is 7.44. The van der Waals surface area contributed by atoms with Crippen LogP contribution in [0.4, 0.5) is 0 Å². The van der Waals surface area contributed by atoms with E-state index in [9.17, 15) is 9.59 Å². The van der Waals surface area contributed by atoms with Crippen LogP contribution in [-0.4, -0.2) is 11.8 Å². The van der Waals surface area contributed by atoms with Crippen LogP contribution in [0.3, 0.4) is 0 Å². The highest BCUT2D eigenvalue weighted by atomic mass is 35.5. The minimum atomic E-state index is -0.301. The minimum Gasteiger partial charge on any atom is -1.00 e. The number of hydrogen-bond acceptors (Lipinski definition) is 4. The lowest BCUT2D eigenvalue weighted by Crippen LogP contribution is -3.00. The predicted molar refractivity (Wildman–Crippen MR) is 60.9 cm³/mol. The Kier molecular flexibility index (Phi) is 17.7. The molecule has 0 aliphatic rings. The number of rotatable bonds is 2. The Morgan fingerprint density at radius 3 is 0.889 bits per heavy atom. The van der Waals surface area contributed by atoms with Gasteiger partial charge in [-0.15, -0.1) is 0 Å². The van der Waals surface area contributed by atoms with Crippen LogP contribution >= 0.6 is 0 Å². The lowest BCUT2D eigenvalue weighted by atomic mass is 10.2. The summed E-state index contributed by atoms with van der Waals surface area (Å²) in [6.45, 7) is 7.10. The third kappa shape index (κ3) is 13.0. The van der Waals surface area contributed by atoms with E-state index in [4.69, 9.17) is 11.5 Å². The van der Waals surface area contributed by atoms with Gasteiger partial charge in [0.25, 0.3) is 0 Å². The molecule has 0 heterocycles. The lowest BCUT2D eigenvalue weighted by Gasteiger charge is -1.90. The molecule has 0 aromatic heterocycles. The van der Waals surface area contributed by atoms with E-state index in [1.165, 1.54) is 0 Å². The van der Waals surface area contributed by atoms with Crippen molar-refractivity contribution in [3.05, 3.63) is 22.5 Å². The Hall–Kier alpha value is -1.08. The number of quaternary nitrogens is 2. The molecule has 0 rings (SSSR count). The first-order chi connectivity index (χ1) is 7.11. The molecule has 0 atom stereocenters. The molecule has 0 aromatic carbocycles. The Bertz CT molecular complexity index is 310. The van der Waals surface area contributed by atoms with Gasteiger partial charge in [-0.25, -0.2) is 9.59 Å². The summed E-state index contributed by atoms with van der Waals surface area (Å²) in [6.07, 6.45) is 0. The third-order valence-corrected chi connectivity index (χ3v) is 1.68. The molecule has 0 spiro atoms. The number of nitrogens with two attached hydrogens (primary N) is 2. The smallest absolute Gasteiger partial charge is 0.356 e. The Labute approximate surface area is 120 Å². The summed E-state index contributed by atoms with van der Waals surface area (Å²) in [7, 11) is 0. The maximum Gasteiger partial charge on any atom is 0.356 e. The lowest BCUT2D eigenvalue weighted by molar-refractivity contribution is -0.300. The maximum atomic E-state index is 10.3. The first-order valence-electron chi connectivity index (χ1n) is 4.69.